The molecule has 1 unspecified atom stereocenters. The maximum atomic E-state index is 11.4. The van der Waals surface area contributed by atoms with Gasteiger partial charge in [0.15, 0.2) is 21.7 Å². The van der Waals surface area contributed by atoms with Crippen LogP contribution in [0.2, 0.25) is 0 Å². The highest BCUT2D eigenvalue weighted by Gasteiger charge is 2.43. The topological polar surface area (TPSA) is 125 Å². The normalized spacial score (nSPS) is 15.2. The van der Waals surface area contributed by atoms with Crippen molar-refractivity contribution in [3.63, 3.8) is 0 Å². The van der Waals surface area contributed by atoms with Crippen LogP contribution in [0.3, 0.4) is 0 Å². The van der Waals surface area contributed by atoms with Crippen molar-refractivity contribution >= 4 is 40.5 Å². The van der Waals surface area contributed by atoms with Crippen LogP contribution in [-0.2, 0) is 19.7 Å². The second kappa shape index (κ2) is 7.28. The van der Waals surface area contributed by atoms with E-state index < -0.39 is 13.1 Å². The van der Waals surface area contributed by atoms with Gasteiger partial charge >= 0.3 is 7.60 Å². The second-order valence-corrected chi connectivity index (χ2v) is 9.05. The van der Waals surface area contributed by atoms with Gasteiger partial charge in [-0.2, -0.15) is 0 Å². The summed E-state index contributed by atoms with van der Waals surface area (Å²) in [7, 11) is -3.76. The lowest BCUT2D eigenvalue weighted by Crippen LogP contribution is -2.48. The highest BCUT2D eigenvalue weighted by atomic mass is 79.9. The number of halogens is 1. The maximum Gasteiger partial charge on any atom is 0.352 e. The first-order valence-corrected chi connectivity index (χ1v) is 10.6. The minimum Gasteiger partial charge on any atom is -0.382 e. The van der Waals surface area contributed by atoms with Gasteiger partial charge in [0.05, 0.1) is 5.54 Å². The van der Waals surface area contributed by atoms with Crippen molar-refractivity contribution in [3.05, 3.63) is 11.1 Å². The Morgan fingerprint density at radius 3 is 2.48 bits per heavy atom. The zero-order valence-corrected chi connectivity index (χ0v) is 17.3. The van der Waals surface area contributed by atoms with Crippen molar-refractivity contribution in [2.45, 2.75) is 33.2 Å². The van der Waals surface area contributed by atoms with Gasteiger partial charge in [-0.3, -0.25) is 9.13 Å². The molecule has 0 amide bonds. The minimum atomic E-state index is -3.76. The largest absolute Gasteiger partial charge is 0.382 e. The van der Waals surface area contributed by atoms with Gasteiger partial charge in [-0.25, -0.2) is 19.8 Å². The van der Waals surface area contributed by atoms with E-state index in [1.807, 2.05) is 32.3 Å². The van der Waals surface area contributed by atoms with Gasteiger partial charge in [0, 0.05) is 6.66 Å². The molecule has 0 saturated carbocycles. The quantitative estimate of drug-likeness (QED) is 0.294. The molecule has 0 saturated heterocycles. The van der Waals surface area contributed by atoms with Crippen molar-refractivity contribution in [1.29, 1.82) is 0 Å². The van der Waals surface area contributed by atoms with E-state index in [1.54, 1.807) is 0 Å². The number of rotatable bonds is 7. The van der Waals surface area contributed by atoms with Crippen molar-refractivity contribution in [3.8, 4) is 0 Å². The van der Waals surface area contributed by atoms with Crippen LogP contribution in [0.5, 0.6) is 0 Å². The van der Waals surface area contributed by atoms with Crippen molar-refractivity contribution in [2.24, 2.45) is 11.8 Å². The summed E-state index contributed by atoms with van der Waals surface area (Å²) in [6.45, 7) is 9.19. The molecule has 11 heteroatoms. The van der Waals surface area contributed by atoms with Crippen molar-refractivity contribution in [1.82, 2.24) is 19.5 Å². The Balaban J connectivity index is 2.62. The zero-order chi connectivity index (χ0) is 19.0. The first-order chi connectivity index (χ1) is 11.5. The number of anilines is 1. The molecule has 2 rings (SSSR count). The predicted octanol–water partition coefficient (Wildman–Crippen LogP) is 2.94. The molecule has 0 bridgehead atoms. The van der Waals surface area contributed by atoms with E-state index in [1.165, 1.54) is 6.33 Å². The third-order valence-corrected chi connectivity index (χ3v) is 5.24. The Morgan fingerprint density at radius 1 is 1.36 bits per heavy atom. The molecule has 2 heterocycles. The van der Waals surface area contributed by atoms with E-state index in [4.69, 9.17) is 10.6 Å². The van der Waals surface area contributed by atoms with Crippen molar-refractivity contribution in [2.75, 3.05) is 19.0 Å². The first kappa shape index (κ1) is 20.3. The molecule has 3 N–H and O–H groups in total. The lowest BCUT2D eigenvalue weighted by molar-refractivity contribution is -0.241. The SMILES string of the molecule is CC(C)C(COOP(C)(=O)O)(C(C)C)n1c(Br)nc2c(N)ncnc21. The summed E-state index contributed by atoms with van der Waals surface area (Å²) in [4.78, 5) is 27.2. The summed E-state index contributed by atoms with van der Waals surface area (Å²) in [6, 6.07) is 0. The Bertz CT molecular complexity index is 796. The molecule has 2 aromatic rings. The Labute approximate surface area is 154 Å². The third kappa shape index (κ3) is 3.88. The fourth-order valence-corrected chi connectivity index (χ4v) is 3.98. The molecular weight excluding hydrogens is 413 g/mol. The molecule has 25 heavy (non-hydrogen) atoms. The van der Waals surface area contributed by atoms with Gasteiger partial charge in [0.25, 0.3) is 0 Å². The van der Waals surface area contributed by atoms with E-state index in [2.05, 4.69) is 35.6 Å². The summed E-state index contributed by atoms with van der Waals surface area (Å²) in [6.07, 6.45) is 1.37. The third-order valence-electron chi connectivity index (χ3n) is 4.33. The summed E-state index contributed by atoms with van der Waals surface area (Å²) in [5.74, 6) is 0.378. The number of nitrogen functional groups attached to an aromatic ring is 1. The van der Waals surface area contributed by atoms with Crippen LogP contribution in [0.1, 0.15) is 27.7 Å². The molecule has 9 nitrogen and oxygen atoms in total. The highest BCUT2D eigenvalue weighted by molar-refractivity contribution is 9.10. The van der Waals surface area contributed by atoms with Crippen LogP contribution in [-0.4, -0.2) is 37.7 Å². The van der Waals surface area contributed by atoms with E-state index in [0.717, 1.165) is 6.66 Å². The molecule has 0 aliphatic rings. The van der Waals surface area contributed by atoms with E-state index in [-0.39, 0.29) is 24.3 Å². The Morgan fingerprint density at radius 2 is 1.96 bits per heavy atom. The smallest absolute Gasteiger partial charge is 0.352 e. The number of fused-ring (bicyclic) bond motifs is 1. The van der Waals surface area contributed by atoms with Crippen LogP contribution in [0.4, 0.5) is 5.82 Å². The highest BCUT2D eigenvalue weighted by Crippen LogP contribution is 2.42. The summed E-state index contributed by atoms with van der Waals surface area (Å²) >= 11 is 3.48. The predicted molar refractivity (Wildman–Crippen MR) is 97.9 cm³/mol. The maximum absolute atomic E-state index is 11.4. The summed E-state index contributed by atoms with van der Waals surface area (Å²) in [5, 5.41) is 0. The fourth-order valence-electron chi connectivity index (χ4n) is 3.05. The molecule has 0 spiro atoms. The van der Waals surface area contributed by atoms with E-state index in [9.17, 15) is 9.46 Å². The second-order valence-electron chi connectivity index (χ2n) is 6.59. The zero-order valence-electron chi connectivity index (χ0n) is 14.8. The van der Waals surface area contributed by atoms with E-state index >= 15 is 0 Å². The van der Waals surface area contributed by atoms with Crippen LogP contribution in [0.15, 0.2) is 11.1 Å². The fraction of sp³-hybridized carbons (Fsp3) is 0.643. The molecular formula is C14H23BrN5O4P. The van der Waals surface area contributed by atoms with Gasteiger partial charge in [-0.05, 0) is 27.8 Å². The molecule has 0 fully saturated rings. The summed E-state index contributed by atoms with van der Waals surface area (Å²) in [5.41, 5.74) is 6.28. The van der Waals surface area contributed by atoms with Gasteiger partial charge in [-0.15, -0.1) is 4.67 Å². The minimum absolute atomic E-state index is 0.0225. The van der Waals surface area contributed by atoms with Crippen LogP contribution in [0.25, 0.3) is 11.2 Å². The van der Waals surface area contributed by atoms with Gasteiger partial charge < -0.3 is 10.6 Å². The first-order valence-electron chi connectivity index (χ1n) is 7.77. The van der Waals surface area contributed by atoms with Gasteiger partial charge in [0.2, 0.25) is 0 Å². The monoisotopic (exact) mass is 435 g/mol. The standard InChI is InChI=1S/C14H23BrN5O4P/c1-8(2)14(9(3)4,6-23-24-25(5,21)22)20-12-10(19-13(20)15)11(16)17-7-18-12/h7-9H,6H2,1-5H3,(H,21,22)(H2,16,17,18). The molecule has 0 aromatic carbocycles. The molecule has 0 aliphatic heterocycles. The molecule has 2 aromatic heterocycles. The number of nitrogens with zero attached hydrogens (tertiary/aromatic N) is 4. The number of hydrogen-bond donors (Lipinski definition) is 2. The van der Waals surface area contributed by atoms with Crippen molar-refractivity contribution < 1.29 is 19.0 Å². The lowest BCUT2D eigenvalue weighted by Gasteiger charge is -2.42. The summed E-state index contributed by atoms with van der Waals surface area (Å²) < 4.78 is 18.5. The number of imidazole rings is 1. The van der Waals surface area contributed by atoms with Crippen LogP contribution < -0.4 is 5.73 Å². The average Bonchev–Trinajstić information content (AvgIpc) is 2.80. The lowest BCUT2D eigenvalue weighted by atomic mass is 9.77. The number of hydrogen-bond acceptors (Lipinski definition) is 7. The Hall–Kier alpha value is -1.06. The number of aromatic nitrogens is 4. The average molecular weight is 436 g/mol. The Kier molecular flexibility index (Phi) is 5.90. The number of nitrogens with two attached hydrogens (primary N) is 1. The van der Waals surface area contributed by atoms with Crippen LogP contribution in [0, 0.1) is 11.8 Å². The van der Waals surface area contributed by atoms with Crippen LogP contribution >= 0.6 is 23.5 Å². The molecule has 0 radical (unpaired) electrons. The molecule has 0 aliphatic carbocycles. The molecule has 1 atom stereocenters. The van der Waals surface area contributed by atoms with Gasteiger partial charge in [-0.1, -0.05) is 27.7 Å². The van der Waals surface area contributed by atoms with E-state index in [0.29, 0.717) is 15.9 Å². The van der Waals surface area contributed by atoms with Gasteiger partial charge in [0.1, 0.15) is 12.9 Å². The molecule has 140 valence electrons.